The fraction of sp³-hybridized carbons (Fsp3) is 0.812. The molecule has 1 aromatic rings. The smallest absolute Gasteiger partial charge is 0.0922 e. The van der Waals surface area contributed by atoms with E-state index in [0.29, 0.717) is 6.04 Å². The molecule has 0 saturated heterocycles. The topological polar surface area (TPSA) is 40.7 Å². The maximum absolute atomic E-state index is 4.07. The van der Waals surface area contributed by atoms with Gasteiger partial charge in [-0.25, -0.2) is 4.98 Å². The molecule has 0 atom stereocenters. The maximum atomic E-state index is 4.07. The lowest BCUT2D eigenvalue weighted by molar-refractivity contribution is 0.401. The number of rotatable bonds is 3. The van der Waals surface area contributed by atoms with Crippen LogP contribution in [0.25, 0.3) is 0 Å². The largest absolute Gasteiger partial charge is 0.347 e. The summed E-state index contributed by atoms with van der Waals surface area (Å²) in [6, 6.07) is 0.697. The van der Waals surface area contributed by atoms with Crippen LogP contribution < -0.4 is 5.32 Å². The molecule has 1 aromatic heterocycles. The number of H-pyrrole nitrogens is 1. The highest BCUT2D eigenvalue weighted by Gasteiger charge is 2.09. The van der Waals surface area contributed by atoms with Crippen LogP contribution in [-0.2, 0) is 6.54 Å². The molecule has 2 rings (SSSR count). The van der Waals surface area contributed by atoms with E-state index in [9.17, 15) is 0 Å². The Morgan fingerprint density at radius 3 is 2.05 bits per heavy atom. The first-order valence-corrected chi connectivity index (χ1v) is 8.16. The van der Waals surface area contributed by atoms with E-state index in [-0.39, 0.29) is 0 Å². The number of aromatic amines is 1. The van der Waals surface area contributed by atoms with Gasteiger partial charge in [0.2, 0.25) is 0 Å². The van der Waals surface area contributed by atoms with E-state index in [2.05, 4.69) is 15.3 Å². The first-order chi connectivity index (χ1) is 9.45. The van der Waals surface area contributed by atoms with Crippen molar-refractivity contribution in [3.63, 3.8) is 0 Å². The molecule has 19 heavy (non-hydrogen) atoms. The van der Waals surface area contributed by atoms with Crippen molar-refractivity contribution in [1.29, 1.82) is 0 Å². The van der Waals surface area contributed by atoms with Crippen molar-refractivity contribution < 1.29 is 0 Å². The molecule has 0 unspecified atom stereocenters. The molecule has 0 amide bonds. The van der Waals surface area contributed by atoms with E-state index < -0.39 is 0 Å². The molecule has 0 bridgehead atoms. The average molecular weight is 263 g/mol. The van der Waals surface area contributed by atoms with Crippen LogP contribution in [0, 0.1) is 0 Å². The third-order valence-corrected chi connectivity index (χ3v) is 4.24. The molecule has 0 radical (unpaired) electrons. The number of aromatic nitrogens is 2. The Hall–Kier alpha value is -0.830. The Morgan fingerprint density at radius 1 is 0.947 bits per heavy atom. The first kappa shape index (κ1) is 14.6. The molecule has 0 aromatic carbocycles. The molecule has 3 heteroatoms. The van der Waals surface area contributed by atoms with Crippen molar-refractivity contribution in [3.05, 3.63) is 18.2 Å². The fourth-order valence-electron chi connectivity index (χ4n) is 3.00. The van der Waals surface area contributed by atoms with Gasteiger partial charge in [0, 0.05) is 24.5 Å². The van der Waals surface area contributed by atoms with Gasteiger partial charge >= 0.3 is 0 Å². The number of hydrogen-bond acceptors (Lipinski definition) is 2. The van der Waals surface area contributed by atoms with Crippen molar-refractivity contribution in [2.45, 2.75) is 83.2 Å². The molecule has 2 N–H and O–H groups in total. The van der Waals surface area contributed by atoms with Crippen molar-refractivity contribution in [3.8, 4) is 0 Å². The lowest BCUT2D eigenvalue weighted by Gasteiger charge is -2.19. The SMILES string of the molecule is c1ncc(CNC2CCCCCCCCCCC2)[nH]1. The molecule has 1 heterocycles. The van der Waals surface area contributed by atoms with Crippen molar-refractivity contribution in [2.24, 2.45) is 0 Å². The number of nitrogens with one attached hydrogen (secondary N) is 2. The number of hydrogen-bond donors (Lipinski definition) is 2. The van der Waals surface area contributed by atoms with Gasteiger partial charge in [-0.1, -0.05) is 57.8 Å². The van der Waals surface area contributed by atoms with Crippen LogP contribution in [0.15, 0.2) is 12.5 Å². The summed E-state index contributed by atoms with van der Waals surface area (Å²) in [5, 5.41) is 3.70. The van der Waals surface area contributed by atoms with E-state index in [4.69, 9.17) is 0 Å². The average Bonchev–Trinajstić information content (AvgIpc) is 2.91. The van der Waals surface area contributed by atoms with Crippen LogP contribution in [0.1, 0.15) is 76.3 Å². The molecule has 0 spiro atoms. The predicted molar refractivity (Wildman–Crippen MR) is 80.0 cm³/mol. The highest BCUT2D eigenvalue weighted by atomic mass is 15.0. The summed E-state index contributed by atoms with van der Waals surface area (Å²) in [5.41, 5.74) is 1.20. The van der Waals surface area contributed by atoms with Crippen LogP contribution in [0.4, 0.5) is 0 Å². The summed E-state index contributed by atoms with van der Waals surface area (Å²) in [6.45, 7) is 0.935. The van der Waals surface area contributed by atoms with Gasteiger partial charge in [0.1, 0.15) is 0 Å². The minimum atomic E-state index is 0.697. The lowest BCUT2D eigenvalue weighted by Crippen LogP contribution is -2.28. The highest BCUT2D eigenvalue weighted by molar-refractivity contribution is 4.93. The van der Waals surface area contributed by atoms with Crippen molar-refractivity contribution >= 4 is 0 Å². The summed E-state index contributed by atoms with van der Waals surface area (Å²) >= 11 is 0. The third kappa shape index (κ3) is 6.24. The number of imidazole rings is 1. The third-order valence-electron chi connectivity index (χ3n) is 4.24. The van der Waals surface area contributed by atoms with Crippen molar-refractivity contribution in [1.82, 2.24) is 15.3 Å². The minimum Gasteiger partial charge on any atom is -0.347 e. The van der Waals surface area contributed by atoms with Crippen LogP contribution in [-0.4, -0.2) is 16.0 Å². The first-order valence-electron chi connectivity index (χ1n) is 8.16. The van der Waals surface area contributed by atoms with E-state index in [1.165, 1.54) is 76.3 Å². The zero-order valence-electron chi connectivity index (χ0n) is 12.2. The molecule has 1 aliphatic rings. The molecular formula is C16H29N3. The molecule has 3 nitrogen and oxygen atoms in total. The van der Waals surface area contributed by atoms with E-state index >= 15 is 0 Å². The Morgan fingerprint density at radius 2 is 1.53 bits per heavy atom. The molecule has 1 aliphatic carbocycles. The second-order valence-corrected chi connectivity index (χ2v) is 5.91. The Labute approximate surface area is 117 Å². The zero-order chi connectivity index (χ0) is 13.2. The summed E-state index contributed by atoms with van der Waals surface area (Å²) in [5.74, 6) is 0. The van der Waals surface area contributed by atoms with Gasteiger partial charge in [-0.05, 0) is 12.8 Å². The van der Waals surface area contributed by atoms with E-state index in [1.54, 1.807) is 6.33 Å². The van der Waals surface area contributed by atoms with E-state index in [1.807, 2.05) is 6.20 Å². The quantitative estimate of drug-likeness (QED) is 0.859. The van der Waals surface area contributed by atoms with Crippen molar-refractivity contribution in [2.75, 3.05) is 0 Å². The van der Waals surface area contributed by atoms with Gasteiger partial charge in [-0.2, -0.15) is 0 Å². The summed E-state index contributed by atoms with van der Waals surface area (Å²) < 4.78 is 0. The maximum Gasteiger partial charge on any atom is 0.0922 e. The Balaban J connectivity index is 1.71. The second kappa shape index (κ2) is 9.13. The second-order valence-electron chi connectivity index (χ2n) is 5.91. The number of nitrogens with zero attached hydrogens (tertiary/aromatic N) is 1. The predicted octanol–water partition coefficient (Wildman–Crippen LogP) is 4.17. The molecule has 0 aliphatic heterocycles. The highest BCUT2D eigenvalue weighted by Crippen LogP contribution is 2.17. The van der Waals surface area contributed by atoms with Crippen LogP contribution in [0.2, 0.25) is 0 Å². The van der Waals surface area contributed by atoms with Gasteiger partial charge in [-0.3, -0.25) is 0 Å². The standard InChI is InChI=1S/C16H29N3/c1-2-4-6-8-10-15(11-9-7-5-3-1)18-13-16-12-17-14-19-16/h12,14-15,18H,1-11,13H2,(H,17,19). The fourth-order valence-corrected chi connectivity index (χ4v) is 3.00. The molecule has 1 saturated carbocycles. The zero-order valence-corrected chi connectivity index (χ0v) is 12.2. The van der Waals surface area contributed by atoms with E-state index in [0.717, 1.165) is 6.54 Å². The van der Waals surface area contributed by atoms with Crippen LogP contribution in [0.5, 0.6) is 0 Å². The molecular weight excluding hydrogens is 234 g/mol. The Bertz CT molecular complexity index is 296. The molecule has 108 valence electrons. The van der Waals surface area contributed by atoms with Crippen LogP contribution >= 0.6 is 0 Å². The summed E-state index contributed by atoms with van der Waals surface area (Å²) in [7, 11) is 0. The van der Waals surface area contributed by atoms with Gasteiger partial charge in [-0.15, -0.1) is 0 Å². The Kier molecular flexibility index (Phi) is 7.01. The summed E-state index contributed by atoms with van der Waals surface area (Å²) in [4.78, 5) is 7.25. The van der Waals surface area contributed by atoms with Gasteiger partial charge in [0.05, 0.1) is 6.33 Å². The van der Waals surface area contributed by atoms with Crippen LogP contribution in [0.3, 0.4) is 0 Å². The summed E-state index contributed by atoms with van der Waals surface area (Å²) in [6.07, 6.45) is 19.2. The normalized spacial score (nSPS) is 20.6. The molecule has 1 fully saturated rings. The lowest BCUT2D eigenvalue weighted by atomic mass is 9.98. The monoisotopic (exact) mass is 263 g/mol. The van der Waals surface area contributed by atoms with Gasteiger partial charge < -0.3 is 10.3 Å². The van der Waals surface area contributed by atoms with Gasteiger partial charge in [0.25, 0.3) is 0 Å². The minimum absolute atomic E-state index is 0.697. The van der Waals surface area contributed by atoms with Gasteiger partial charge in [0.15, 0.2) is 0 Å².